The summed E-state index contributed by atoms with van der Waals surface area (Å²) < 4.78 is 3.89. The highest BCUT2D eigenvalue weighted by molar-refractivity contribution is 9.10. The molecule has 1 N–H and O–H groups in total. The van der Waals surface area contributed by atoms with Crippen LogP contribution in [0.25, 0.3) is 11.0 Å². The number of aromatic nitrogens is 5. The van der Waals surface area contributed by atoms with E-state index in [-0.39, 0.29) is 12.5 Å². The lowest BCUT2D eigenvalue weighted by atomic mass is 10.2. The minimum atomic E-state index is -0.258. The lowest BCUT2D eigenvalue weighted by Crippen LogP contribution is -2.20. The third-order valence-electron chi connectivity index (χ3n) is 4.04. The van der Waals surface area contributed by atoms with Gasteiger partial charge in [-0.15, -0.1) is 5.10 Å². The summed E-state index contributed by atoms with van der Waals surface area (Å²) in [6, 6.07) is 12.8. The zero-order chi connectivity index (χ0) is 19.7. The number of fused-ring (bicyclic) bond motifs is 1. The number of carbonyl (C=O) groups excluding carboxylic acids is 1. The third-order valence-corrected chi connectivity index (χ3v) is 5.20. The summed E-state index contributed by atoms with van der Waals surface area (Å²) >= 11 is 15.6. The molecule has 2 heterocycles. The van der Waals surface area contributed by atoms with Gasteiger partial charge in [0.1, 0.15) is 12.1 Å². The number of benzene rings is 2. The number of carbonyl (C=O) groups is 1. The van der Waals surface area contributed by atoms with Gasteiger partial charge in [-0.25, -0.2) is 4.68 Å². The normalized spacial score (nSPS) is 11.1. The first-order valence-corrected chi connectivity index (χ1v) is 9.79. The largest absolute Gasteiger partial charge is 0.307 e. The fraction of sp³-hybridized carbons (Fsp3) is 0.111. The second kappa shape index (κ2) is 7.90. The third kappa shape index (κ3) is 4.04. The molecule has 0 radical (unpaired) electrons. The first-order valence-electron chi connectivity index (χ1n) is 8.24. The summed E-state index contributed by atoms with van der Waals surface area (Å²) in [5.41, 5.74) is 2.40. The molecule has 0 aliphatic carbocycles. The van der Waals surface area contributed by atoms with Crippen LogP contribution in [-0.4, -0.2) is 30.7 Å². The highest BCUT2D eigenvalue weighted by atomic mass is 79.9. The fourth-order valence-electron chi connectivity index (χ4n) is 2.73. The molecule has 0 fully saturated rings. The molecule has 4 aromatic rings. The molecule has 28 heavy (non-hydrogen) atoms. The number of nitrogens with one attached hydrogen (secondary N) is 1. The van der Waals surface area contributed by atoms with Gasteiger partial charge in [0, 0.05) is 16.2 Å². The number of nitrogens with zero attached hydrogens (tertiary/aromatic N) is 5. The summed E-state index contributed by atoms with van der Waals surface area (Å²) in [6.07, 6.45) is 1.77. The van der Waals surface area contributed by atoms with Crippen LogP contribution in [0.1, 0.15) is 5.56 Å². The van der Waals surface area contributed by atoms with E-state index >= 15 is 0 Å². The van der Waals surface area contributed by atoms with E-state index in [4.69, 9.17) is 23.2 Å². The minimum Gasteiger partial charge on any atom is -0.307 e. The Hall–Kier alpha value is -2.42. The molecule has 2 aromatic carbocycles. The van der Waals surface area contributed by atoms with Gasteiger partial charge in [0.25, 0.3) is 0 Å². The van der Waals surface area contributed by atoms with Crippen LogP contribution in [0.3, 0.4) is 0 Å². The van der Waals surface area contributed by atoms with Crippen molar-refractivity contribution in [3.05, 3.63) is 68.7 Å². The molecule has 0 unspecified atom stereocenters. The molecular formula is C18H13BrCl2N6O. The van der Waals surface area contributed by atoms with E-state index in [0.29, 0.717) is 26.9 Å². The highest BCUT2D eigenvalue weighted by Crippen LogP contribution is 2.24. The standard InChI is InChI=1S/C18H13BrCl2N6O/c19-13-9-26(8-11-5-6-12(20)7-14(11)21)24-18(13)22-17(28)10-27-16-4-2-1-3-15(16)23-25-27/h1-7,9H,8,10H2,(H,22,24,28). The smallest absolute Gasteiger partial charge is 0.247 e. The van der Waals surface area contributed by atoms with Crippen LogP contribution in [0, 0.1) is 0 Å². The molecule has 1 amide bonds. The van der Waals surface area contributed by atoms with Gasteiger partial charge in [0.05, 0.1) is 16.5 Å². The van der Waals surface area contributed by atoms with E-state index < -0.39 is 0 Å². The van der Waals surface area contributed by atoms with E-state index in [1.165, 1.54) is 0 Å². The Balaban J connectivity index is 1.47. The van der Waals surface area contributed by atoms with Crippen molar-refractivity contribution in [2.24, 2.45) is 0 Å². The summed E-state index contributed by atoms with van der Waals surface area (Å²) in [5, 5.41) is 16.4. The maximum Gasteiger partial charge on any atom is 0.247 e. The fourth-order valence-corrected chi connectivity index (χ4v) is 3.61. The van der Waals surface area contributed by atoms with Crippen LogP contribution in [0.15, 0.2) is 53.1 Å². The van der Waals surface area contributed by atoms with Gasteiger partial charge in [-0.05, 0) is 45.8 Å². The zero-order valence-corrected chi connectivity index (χ0v) is 17.4. The van der Waals surface area contributed by atoms with Crippen LogP contribution in [0.4, 0.5) is 5.82 Å². The lowest BCUT2D eigenvalue weighted by Gasteiger charge is -2.05. The SMILES string of the molecule is O=C(Cn1nnc2ccccc21)Nc1nn(Cc2ccc(Cl)cc2Cl)cc1Br. The summed E-state index contributed by atoms with van der Waals surface area (Å²) in [5.74, 6) is 0.158. The monoisotopic (exact) mass is 478 g/mol. The van der Waals surface area contributed by atoms with Crippen LogP contribution in [0.5, 0.6) is 0 Å². The second-order valence-electron chi connectivity index (χ2n) is 6.04. The predicted molar refractivity (Wildman–Crippen MR) is 112 cm³/mol. The number of hydrogen-bond donors (Lipinski definition) is 1. The van der Waals surface area contributed by atoms with Crippen LogP contribution in [0.2, 0.25) is 10.0 Å². The topological polar surface area (TPSA) is 77.6 Å². The molecule has 0 aliphatic heterocycles. The average Bonchev–Trinajstić information content (AvgIpc) is 3.21. The molecule has 0 spiro atoms. The molecular weight excluding hydrogens is 467 g/mol. The van der Waals surface area contributed by atoms with Crippen molar-refractivity contribution in [3.8, 4) is 0 Å². The summed E-state index contributed by atoms with van der Waals surface area (Å²) in [4.78, 5) is 12.4. The van der Waals surface area contributed by atoms with Gasteiger partial charge in [0.2, 0.25) is 5.91 Å². The molecule has 4 rings (SSSR count). The van der Waals surface area contributed by atoms with Gasteiger partial charge in [-0.2, -0.15) is 5.10 Å². The Bertz CT molecular complexity index is 1170. The van der Waals surface area contributed by atoms with Crippen molar-refractivity contribution in [3.63, 3.8) is 0 Å². The first-order chi connectivity index (χ1) is 13.5. The van der Waals surface area contributed by atoms with Crippen molar-refractivity contribution in [2.75, 3.05) is 5.32 Å². The maximum absolute atomic E-state index is 12.4. The molecule has 0 saturated heterocycles. The number of amides is 1. The zero-order valence-electron chi connectivity index (χ0n) is 14.3. The second-order valence-corrected chi connectivity index (χ2v) is 7.74. The average molecular weight is 480 g/mol. The van der Waals surface area contributed by atoms with Crippen LogP contribution >= 0.6 is 39.1 Å². The van der Waals surface area contributed by atoms with Gasteiger partial charge in [-0.3, -0.25) is 9.48 Å². The van der Waals surface area contributed by atoms with Gasteiger partial charge in [-0.1, -0.05) is 46.6 Å². The number of para-hydroxylation sites is 1. The maximum atomic E-state index is 12.4. The van der Waals surface area contributed by atoms with E-state index in [1.54, 1.807) is 27.7 Å². The summed E-state index contributed by atoms with van der Waals surface area (Å²) in [7, 11) is 0. The number of anilines is 1. The van der Waals surface area contributed by atoms with Crippen LogP contribution in [-0.2, 0) is 17.9 Å². The van der Waals surface area contributed by atoms with Crippen molar-refractivity contribution in [1.29, 1.82) is 0 Å². The van der Waals surface area contributed by atoms with Gasteiger partial charge in [0.15, 0.2) is 5.82 Å². The van der Waals surface area contributed by atoms with Gasteiger partial charge >= 0.3 is 0 Å². The molecule has 0 bridgehead atoms. The highest BCUT2D eigenvalue weighted by Gasteiger charge is 2.14. The Morgan fingerprint density at radius 2 is 2.00 bits per heavy atom. The van der Waals surface area contributed by atoms with E-state index in [1.807, 2.05) is 30.3 Å². The van der Waals surface area contributed by atoms with Crippen molar-refractivity contribution < 1.29 is 4.79 Å². The lowest BCUT2D eigenvalue weighted by molar-refractivity contribution is -0.116. The van der Waals surface area contributed by atoms with Crippen LogP contribution < -0.4 is 5.32 Å². The van der Waals surface area contributed by atoms with Crippen molar-refractivity contribution in [2.45, 2.75) is 13.1 Å². The molecule has 10 heteroatoms. The van der Waals surface area contributed by atoms with Crippen molar-refractivity contribution >= 4 is 61.9 Å². The predicted octanol–water partition coefficient (Wildman–Crippen LogP) is 4.38. The Labute approximate surface area is 178 Å². The molecule has 0 atom stereocenters. The Kier molecular flexibility index (Phi) is 5.34. The number of halogens is 3. The van der Waals surface area contributed by atoms with E-state index in [9.17, 15) is 4.79 Å². The number of rotatable bonds is 5. The van der Waals surface area contributed by atoms with Crippen molar-refractivity contribution in [1.82, 2.24) is 24.8 Å². The molecule has 0 saturated carbocycles. The molecule has 2 aromatic heterocycles. The number of hydrogen-bond acceptors (Lipinski definition) is 4. The summed E-state index contributed by atoms with van der Waals surface area (Å²) in [6.45, 7) is 0.473. The minimum absolute atomic E-state index is 0.0306. The van der Waals surface area contributed by atoms with E-state index in [2.05, 4.69) is 36.7 Å². The Morgan fingerprint density at radius 3 is 2.82 bits per heavy atom. The molecule has 7 nitrogen and oxygen atoms in total. The van der Waals surface area contributed by atoms with Gasteiger partial charge < -0.3 is 5.32 Å². The quantitative estimate of drug-likeness (QED) is 0.460. The molecule has 142 valence electrons. The Morgan fingerprint density at radius 1 is 1.18 bits per heavy atom. The van der Waals surface area contributed by atoms with E-state index in [0.717, 1.165) is 16.6 Å². The molecule has 0 aliphatic rings. The first kappa shape index (κ1) is 18.9.